The maximum atomic E-state index is 8.84. The molecule has 0 N–H and O–H groups in total. The van der Waals surface area contributed by atoms with E-state index < -0.39 is 0 Å². The third kappa shape index (κ3) is 3.63. The molecule has 2 heteroatoms. The number of hydrogen-bond acceptors (Lipinski definition) is 2. The Morgan fingerprint density at radius 2 is 1.85 bits per heavy atom. The topological polar surface area (TPSA) is 33.0 Å². The number of hydrogen-bond donors (Lipinski definition) is 0. The van der Waals surface area contributed by atoms with Crippen molar-refractivity contribution in [3.63, 3.8) is 0 Å². The monoisotopic (exact) mass is 269 g/mol. The van der Waals surface area contributed by atoms with Crippen LogP contribution in [0.1, 0.15) is 56.6 Å². The van der Waals surface area contributed by atoms with E-state index in [1.807, 2.05) is 25.1 Å². The molecule has 1 aliphatic carbocycles. The Morgan fingerprint density at radius 3 is 2.40 bits per heavy atom. The quantitative estimate of drug-likeness (QED) is 0.737. The summed E-state index contributed by atoms with van der Waals surface area (Å²) in [5.41, 5.74) is 2.13. The first-order chi connectivity index (χ1) is 9.74. The number of nitriles is 1. The van der Waals surface area contributed by atoms with Crippen molar-refractivity contribution in [1.29, 1.82) is 5.26 Å². The molecule has 1 aromatic rings. The first-order valence-electron chi connectivity index (χ1n) is 7.51. The van der Waals surface area contributed by atoms with Gasteiger partial charge in [-0.05, 0) is 69.1 Å². The average molecular weight is 269 g/mol. The average Bonchev–Trinajstić information content (AvgIpc) is 2.53. The highest BCUT2D eigenvalue weighted by Gasteiger charge is 2.26. The van der Waals surface area contributed by atoms with Crippen LogP contribution in [0, 0.1) is 17.2 Å². The molecule has 1 aromatic carbocycles. The highest BCUT2D eigenvalue weighted by Crippen LogP contribution is 2.37. The molecule has 0 heterocycles. The predicted octanol–water partition coefficient (Wildman–Crippen LogP) is 4.77. The van der Waals surface area contributed by atoms with Gasteiger partial charge in [0.05, 0.1) is 24.0 Å². The van der Waals surface area contributed by atoms with Gasteiger partial charge in [-0.1, -0.05) is 18.2 Å². The molecule has 1 fully saturated rings. The van der Waals surface area contributed by atoms with Crippen molar-refractivity contribution in [2.75, 3.05) is 0 Å². The lowest BCUT2D eigenvalue weighted by molar-refractivity contribution is 0.0777. The zero-order chi connectivity index (χ0) is 14.4. The van der Waals surface area contributed by atoms with Gasteiger partial charge in [-0.25, -0.2) is 0 Å². The summed E-state index contributed by atoms with van der Waals surface area (Å²) in [6, 6.07) is 10.3. The Morgan fingerprint density at radius 1 is 1.20 bits per heavy atom. The molecule has 2 nitrogen and oxygen atoms in total. The first kappa shape index (κ1) is 14.7. The van der Waals surface area contributed by atoms with Gasteiger partial charge in [0.1, 0.15) is 0 Å². The molecular weight excluding hydrogens is 246 g/mol. The first-order valence-corrected chi connectivity index (χ1v) is 7.51. The molecule has 0 amide bonds. The van der Waals surface area contributed by atoms with Gasteiger partial charge in [0.2, 0.25) is 0 Å². The van der Waals surface area contributed by atoms with E-state index in [-0.39, 0.29) is 0 Å². The van der Waals surface area contributed by atoms with E-state index in [1.54, 1.807) is 6.26 Å². The van der Waals surface area contributed by atoms with Crippen molar-refractivity contribution in [3.8, 4) is 6.07 Å². The van der Waals surface area contributed by atoms with Gasteiger partial charge in [-0.3, -0.25) is 0 Å². The fourth-order valence-corrected chi connectivity index (χ4v) is 3.07. The highest BCUT2D eigenvalue weighted by molar-refractivity contribution is 5.33. The fourth-order valence-electron chi connectivity index (χ4n) is 3.07. The minimum Gasteiger partial charge on any atom is -0.498 e. The molecule has 20 heavy (non-hydrogen) atoms. The summed E-state index contributed by atoms with van der Waals surface area (Å²) in [6.45, 7) is 4.15. The molecule has 0 spiro atoms. The number of allylic oxidation sites excluding steroid dienone is 1. The maximum Gasteiger partial charge on any atom is 0.0991 e. The normalized spacial score (nSPS) is 24.2. The van der Waals surface area contributed by atoms with E-state index in [0.29, 0.717) is 17.9 Å². The summed E-state index contributed by atoms with van der Waals surface area (Å²) in [7, 11) is 0. The molecule has 106 valence electrons. The van der Waals surface area contributed by atoms with E-state index in [2.05, 4.69) is 25.1 Å². The van der Waals surface area contributed by atoms with E-state index in [9.17, 15) is 0 Å². The standard InChI is InChI=1S/C18H23NO/c1-3-12-20-14(2)16-8-10-18(11-9-16)17-6-4-15(13-19)5-7-17/h3-7,12,14,16,18H,8-11H2,1-2H3/b12-3+. The van der Waals surface area contributed by atoms with Gasteiger partial charge in [0.25, 0.3) is 0 Å². The molecule has 1 atom stereocenters. The molecule has 0 aromatic heterocycles. The van der Waals surface area contributed by atoms with Crippen LogP contribution >= 0.6 is 0 Å². The van der Waals surface area contributed by atoms with E-state index in [0.717, 1.165) is 5.56 Å². The van der Waals surface area contributed by atoms with Gasteiger partial charge in [-0.2, -0.15) is 5.26 Å². The second kappa shape index (κ2) is 7.14. The van der Waals surface area contributed by atoms with Crippen molar-refractivity contribution in [3.05, 3.63) is 47.7 Å². The summed E-state index contributed by atoms with van der Waals surface area (Å²) in [5.74, 6) is 1.31. The zero-order valence-electron chi connectivity index (χ0n) is 12.4. The van der Waals surface area contributed by atoms with Crippen LogP contribution in [-0.2, 0) is 4.74 Å². The molecule has 0 saturated heterocycles. The number of ether oxygens (including phenoxy) is 1. The highest BCUT2D eigenvalue weighted by atomic mass is 16.5. The second-order valence-electron chi connectivity index (χ2n) is 5.66. The van der Waals surface area contributed by atoms with Gasteiger partial charge in [0.15, 0.2) is 0 Å². The smallest absolute Gasteiger partial charge is 0.0991 e. The minimum atomic E-state index is 0.313. The lowest BCUT2D eigenvalue weighted by atomic mass is 9.77. The Hall–Kier alpha value is -1.75. The van der Waals surface area contributed by atoms with E-state index in [4.69, 9.17) is 10.00 Å². The minimum absolute atomic E-state index is 0.313. The Kier molecular flexibility index (Phi) is 5.24. The van der Waals surface area contributed by atoms with Crippen molar-refractivity contribution < 1.29 is 4.74 Å². The van der Waals surface area contributed by atoms with Crippen molar-refractivity contribution in [2.45, 2.75) is 51.6 Å². The van der Waals surface area contributed by atoms with Crippen LogP contribution < -0.4 is 0 Å². The molecule has 1 saturated carbocycles. The van der Waals surface area contributed by atoms with Crippen LogP contribution in [0.25, 0.3) is 0 Å². The molecule has 1 unspecified atom stereocenters. The molecule has 0 bridgehead atoms. The molecule has 2 rings (SSSR count). The van der Waals surface area contributed by atoms with Crippen LogP contribution in [0.5, 0.6) is 0 Å². The van der Waals surface area contributed by atoms with Gasteiger partial charge in [-0.15, -0.1) is 0 Å². The van der Waals surface area contributed by atoms with E-state index in [1.165, 1.54) is 31.2 Å². The number of nitrogens with zero attached hydrogens (tertiary/aromatic N) is 1. The van der Waals surface area contributed by atoms with Crippen molar-refractivity contribution in [1.82, 2.24) is 0 Å². The second-order valence-corrected chi connectivity index (χ2v) is 5.66. The van der Waals surface area contributed by atoms with Crippen LogP contribution in [0.2, 0.25) is 0 Å². The van der Waals surface area contributed by atoms with Gasteiger partial charge in [0, 0.05) is 0 Å². The predicted molar refractivity (Wildman–Crippen MR) is 81.2 cm³/mol. The van der Waals surface area contributed by atoms with Gasteiger partial charge < -0.3 is 4.74 Å². The summed E-state index contributed by atoms with van der Waals surface area (Å²) in [6.07, 6.45) is 8.96. The number of benzene rings is 1. The zero-order valence-corrected chi connectivity index (χ0v) is 12.4. The Bertz CT molecular complexity index is 475. The largest absolute Gasteiger partial charge is 0.498 e. The number of rotatable bonds is 4. The summed E-state index contributed by atoms with van der Waals surface area (Å²) >= 11 is 0. The van der Waals surface area contributed by atoms with Crippen LogP contribution in [0.3, 0.4) is 0 Å². The Labute approximate surface area is 122 Å². The molecular formula is C18H23NO. The third-order valence-corrected chi connectivity index (χ3v) is 4.38. The van der Waals surface area contributed by atoms with Crippen LogP contribution in [0.4, 0.5) is 0 Å². The van der Waals surface area contributed by atoms with Gasteiger partial charge >= 0.3 is 0 Å². The van der Waals surface area contributed by atoms with E-state index >= 15 is 0 Å². The third-order valence-electron chi connectivity index (χ3n) is 4.38. The summed E-state index contributed by atoms with van der Waals surface area (Å²) in [4.78, 5) is 0. The van der Waals surface area contributed by atoms with Crippen molar-refractivity contribution in [2.24, 2.45) is 5.92 Å². The lowest BCUT2D eigenvalue weighted by Gasteiger charge is -2.32. The van der Waals surface area contributed by atoms with Crippen LogP contribution in [0.15, 0.2) is 36.6 Å². The molecule has 1 aliphatic rings. The maximum absolute atomic E-state index is 8.84. The molecule has 0 aliphatic heterocycles. The Balaban J connectivity index is 1.88. The van der Waals surface area contributed by atoms with Crippen molar-refractivity contribution >= 4 is 0 Å². The SMILES string of the molecule is C/C=C/OC(C)C1CCC(c2ccc(C#N)cc2)CC1. The lowest BCUT2D eigenvalue weighted by Crippen LogP contribution is -2.24. The van der Waals surface area contributed by atoms with Crippen LogP contribution in [-0.4, -0.2) is 6.10 Å². The fraction of sp³-hybridized carbons (Fsp3) is 0.500. The summed E-state index contributed by atoms with van der Waals surface area (Å²) < 4.78 is 5.69. The molecule has 0 radical (unpaired) electrons. The summed E-state index contributed by atoms with van der Waals surface area (Å²) in [5, 5.41) is 8.84.